The highest BCUT2D eigenvalue weighted by molar-refractivity contribution is 6.19. The molecule has 0 atom stereocenters. The van der Waals surface area contributed by atoms with E-state index in [4.69, 9.17) is 17.3 Å². The number of carbonyl (C=O) groups excluding carboxylic acids is 2. The van der Waals surface area contributed by atoms with Gasteiger partial charge in [0.1, 0.15) is 0 Å². The van der Waals surface area contributed by atoms with Crippen LogP contribution in [-0.4, -0.2) is 29.1 Å². The van der Waals surface area contributed by atoms with E-state index in [-0.39, 0.29) is 5.91 Å². The van der Waals surface area contributed by atoms with Gasteiger partial charge in [-0.15, -0.1) is 11.6 Å². The molecule has 0 saturated carbocycles. The van der Waals surface area contributed by atoms with Crippen molar-refractivity contribution in [3.8, 4) is 0 Å². The van der Waals surface area contributed by atoms with Crippen LogP contribution in [0.1, 0.15) is 35.3 Å². The minimum absolute atomic E-state index is 0.0668. The fourth-order valence-corrected chi connectivity index (χ4v) is 2.48. The van der Waals surface area contributed by atoms with Gasteiger partial charge in [0.2, 0.25) is 11.8 Å². The number of benzene rings is 1. The number of carbonyl (C=O) groups is 2. The van der Waals surface area contributed by atoms with Crippen LogP contribution in [0, 0.1) is 5.41 Å². The highest BCUT2D eigenvalue weighted by atomic mass is 35.5. The monoisotopic (exact) mass is 294 g/mol. The summed E-state index contributed by atoms with van der Waals surface area (Å²) in [7, 11) is 0. The standard InChI is InChI=1S/C15H19ClN2O2/c1-15(2,9-16)14(20)18-6-5-10-7-11(13(17)19)3-4-12(10)8-18/h3-4,7H,5-6,8-9H2,1-2H3,(H2,17,19). The largest absolute Gasteiger partial charge is 0.366 e. The molecule has 0 aliphatic carbocycles. The molecule has 1 aliphatic rings. The number of hydrogen-bond acceptors (Lipinski definition) is 2. The molecule has 0 unspecified atom stereocenters. The molecule has 2 rings (SSSR count). The fourth-order valence-electron chi connectivity index (χ4n) is 2.36. The molecule has 2 N–H and O–H groups in total. The number of rotatable bonds is 3. The van der Waals surface area contributed by atoms with Gasteiger partial charge in [0, 0.05) is 24.5 Å². The molecule has 2 amide bonds. The Kier molecular flexibility index (Phi) is 4.04. The first-order chi connectivity index (χ1) is 9.35. The zero-order chi connectivity index (χ0) is 14.9. The summed E-state index contributed by atoms with van der Waals surface area (Å²) in [4.78, 5) is 25.4. The fraction of sp³-hybridized carbons (Fsp3) is 0.467. The van der Waals surface area contributed by atoms with E-state index >= 15 is 0 Å². The Hall–Kier alpha value is -1.55. The summed E-state index contributed by atoms with van der Waals surface area (Å²) in [6.07, 6.45) is 0.737. The Morgan fingerprint density at radius 2 is 2.05 bits per heavy atom. The number of amides is 2. The van der Waals surface area contributed by atoms with Crippen LogP contribution in [0.25, 0.3) is 0 Å². The van der Waals surface area contributed by atoms with Crippen LogP contribution < -0.4 is 5.73 Å². The van der Waals surface area contributed by atoms with Gasteiger partial charge in [0.25, 0.3) is 0 Å². The summed E-state index contributed by atoms with van der Waals surface area (Å²) in [6, 6.07) is 5.41. The lowest BCUT2D eigenvalue weighted by atomic mass is 9.91. The minimum atomic E-state index is -0.549. The van der Waals surface area contributed by atoms with Crippen LogP contribution in [0.4, 0.5) is 0 Å². The Morgan fingerprint density at radius 1 is 1.35 bits per heavy atom. The first kappa shape index (κ1) is 14.9. The summed E-state index contributed by atoms with van der Waals surface area (Å²) >= 11 is 5.86. The zero-order valence-corrected chi connectivity index (χ0v) is 12.5. The van der Waals surface area contributed by atoms with E-state index in [1.807, 2.05) is 30.9 Å². The van der Waals surface area contributed by atoms with Gasteiger partial charge in [-0.2, -0.15) is 0 Å². The predicted molar refractivity (Wildman–Crippen MR) is 78.6 cm³/mol. The number of nitrogens with zero attached hydrogens (tertiary/aromatic N) is 1. The van der Waals surface area contributed by atoms with E-state index in [2.05, 4.69) is 0 Å². The molecule has 20 heavy (non-hydrogen) atoms. The molecular weight excluding hydrogens is 276 g/mol. The second-order valence-electron chi connectivity index (χ2n) is 5.84. The third kappa shape index (κ3) is 2.80. The topological polar surface area (TPSA) is 63.4 Å². The van der Waals surface area contributed by atoms with Gasteiger partial charge in [0.15, 0.2) is 0 Å². The molecule has 0 saturated heterocycles. The maximum atomic E-state index is 12.4. The van der Waals surface area contributed by atoms with Crippen molar-refractivity contribution in [1.82, 2.24) is 4.90 Å². The van der Waals surface area contributed by atoms with Crippen molar-refractivity contribution in [2.75, 3.05) is 12.4 Å². The van der Waals surface area contributed by atoms with E-state index < -0.39 is 11.3 Å². The third-order valence-electron chi connectivity index (χ3n) is 3.70. The zero-order valence-electron chi connectivity index (χ0n) is 11.8. The highest BCUT2D eigenvalue weighted by Gasteiger charge is 2.32. The van der Waals surface area contributed by atoms with Crippen LogP contribution in [-0.2, 0) is 17.8 Å². The molecule has 1 heterocycles. The van der Waals surface area contributed by atoms with Crippen molar-refractivity contribution >= 4 is 23.4 Å². The van der Waals surface area contributed by atoms with Gasteiger partial charge in [-0.25, -0.2) is 0 Å². The van der Waals surface area contributed by atoms with E-state index in [1.165, 1.54) is 0 Å². The Balaban J connectivity index is 2.20. The normalized spacial score (nSPS) is 14.8. The van der Waals surface area contributed by atoms with Crippen LogP contribution in [0.2, 0.25) is 0 Å². The number of nitrogens with two attached hydrogens (primary N) is 1. The van der Waals surface area contributed by atoms with E-state index in [1.54, 1.807) is 6.07 Å². The molecule has 4 nitrogen and oxygen atoms in total. The summed E-state index contributed by atoms with van der Waals surface area (Å²) in [5, 5.41) is 0. The molecule has 1 aliphatic heterocycles. The number of fused-ring (bicyclic) bond motifs is 1. The second-order valence-corrected chi connectivity index (χ2v) is 6.11. The van der Waals surface area contributed by atoms with Crippen LogP contribution >= 0.6 is 11.6 Å². The van der Waals surface area contributed by atoms with Gasteiger partial charge in [-0.3, -0.25) is 9.59 Å². The first-order valence-corrected chi connectivity index (χ1v) is 7.15. The highest BCUT2D eigenvalue weighted by Crippen LogP contribution is 2.26. The van der Waals surface area contributed by atoms with Crippen molar-refractivity contribution in [2.24, 2.45) is 11.1 Å². The van der Waals surface area contributed by atoms with Crippen molar-refractivity contribution in [3.63, 3.8) is 0 Å². The molecule has 1 aromatic carbocycles. The minimum Gasteiger partial charge on any atom is -0.366 e. The molecule has 0 spiro atoms. The van der Waals surface area contributed by atoms with Crippen LogP contribution in [0.5, 0.6) is 0 Å². The van der Waals surface area contributed by atoms with E-state index in [0.717, 1.165) is 17.5 Å². The quantitative estimate of drug-likeness (QED) is 0.866. The Morgan fingerprint density at radius 3 is 2.65 bits per heavy atom. The maximum absolute atomic E-state index is 12.4. The van der Waals surface area contributed by atoms with Crippen molar-refractivity contribution in [3.05, 3.63) is 34.9 Å². The molecule has 1 aromatic rings. The Bertz CT molecular complexity index is 555. The first-order valence-electron chi connectivity index (χ1n) is 6.62. The van der Waals surface area contributed by atoms with E-state index in [9.17, 15) is 9.59 Å². The molecule has 0 bridgehead atoms. The molecule has 0 fully saturated rings. The van der Waals surface area contributed by atoms with Crippen molar-refractivity contribution in [2.45, 2.75) is 26.8 Å². The number of hydrogen-bond donors (Lipinski definition) is 1. The molecule has 5 heteroatoms. The van der Waals surface area contributed by atoms with Gasteiger partial charge < -0.3 is 10.6 Å². The molecule has 0 radical (unpaired) electrons. The maximum Gasteiger partial charge on any atom is 0.248 e. The molecule has 0 aromatic heterocycles. The third-order valence-corrected chi connectivity index (χ3v) is 4.37. The predicted octanol–water partition coefficient (Wildman–Crippen LogP) is 1.94. The van der Waals surface area contributed by atoms with E-state index in [0.29, 0.717) is 24.5 Å². The number of primary amides is 1. The average Bonchev–Trinajstić information content (AvgIpc) is 2.45. The smallest absolute Gasteiger partial charge is 0.248 e. The summed E-state index contributed by atoms with van der Waals surface area (Å²) < 4.78 is 0. The summed E-state index contributed by atoms with van der Waals surface area (Å²) in [6.45, 7) is 4.92. The SMILES string of the molecule is CC(C)(CCl)C(=O)N1CCc2cc(C(N)=O)ccc2C1. The van der Waals surface area contributed by atoms with Gasteiger partial charge in [0.05, 0.1) is 5.41 Å². The summed E-state index contributed by atoms with van der Waals surface area (Å²) in [5.74, 6) is -0.0535. The van der Waals surface area contributed by atoms with Gasteiger partial charge in [-0.05, 0) is 43.5 Å². The van der Waals surface area contributed by atoms with Gasteiger partial charge >= 0.3 is 0 Å². The van der Waals surface area contributed by atoms with Crippen molar-refractivity contribution in [1.29, 1.82) is 0 Å². The second kappa shape index (κ2) is 5.44. The van der Waals surface area contributed by atoms with Crippen LogP contribution in [0.3, 0.4) is 0 Å². The van der Waals surface area contributed by atoms with Gasteiger partial charge in [-0.1, -0.05) is 6.07 Å². The molecular formula is C15H19ClN2O2. The lowest BCUT2D eigenvalue weighted by molar-refractivity contribution is -0.140. The lowest BCUT2D eigenvalue weighted by Crippen LogP contribution is -2.44. The van der Waals surface area contributed by atoms with Crippen molar-refractivity contribution < 1.29 is 9.59 Å². The number of alkyl halides is 1. The summed E-state index contributed by atoms with van der Waals surface area (Å²) in [5.41, 5.74) is 7.41. The van der Waals surface area contributed by atoms with Crippen LogP contribution in [0.15, 0.2) is 18.2 Å². The number of halogens is 1. The molecule has 108 valence electrons. The lowest BCUT2D eigenvalue weighted by Gasteiger charge is -2.34. The average molecular weight is 295 g/mol. The Labute approximate surface area is 123 Å².